The second kappa shape index (κ2) is 14.5. The van der Waals surface area contributed by atoms with E-state index in [2.05, 4.69) is 10.3 Å². The summed E-state index contributed by atoms with van der Waals surface area (Å²) >= 11 is 0. The summed E-state index contributed by atoms with van der Waals surface area (Å²) in [6, 6.07) is 26.5. The van der Waals surface area contributed by atoms with Gasteiger partial charge < -0.3 is 24.3 Å². The molecule has 0 aliphatic rings. The Kier molecular flexibility index (Phi) is 9.80. The molecular weight excluding hydrogens is 564 g/mol. The molecular formula is C33H30N4O7. The number of nitrogens with zero attached hydrogens (tertiary/aromatic N) is 3. The van der Waals surface area contributed by atoms with Gasteiger partial charge in [-0.25, -0.2) is 19.4 Å². The number of benzene rings is 3. The Bertz CT molecular complexity index is 1670. The zero-order valence-electron chi connectivity index (χ0n) is 23.9. The van der Waals surface area contributed by atoms with E-state index in [0.717, 1.165) is 11.8 Å². The van der Waals surface area contributed by atoms with Gasteiger partial charge in [-0.2, -0.15) is 4.90 Å². The number of nitrogens with one attached hydrogen (secondary N) is 1. The van der Waals surface area contributed by atoms with E-state index in [0.29, 0.717) is 41.7 Å². The van der Waals surface area contributed by atoms with Crippen molar-refractivity contribution >= 4 is 34.9 Å². The van der Waals surface area contributed by atoms with Crippen LogP contribution < -0.4 is 24.4 Å². The van der Waals surface area contributed by atoms with Crippen molar-refractivity contribution in [2.24, 2.45) is 0 Å². The first-order valence-electron chi connectivity index (χ1n) is 14.0. The third kappa shape index (κ3) is 7.58. The number of aromatic nitrogens is 2. The molecule has 11 heteroatoms. The van der Waals surface area contributed by atoms with Crippen LogP contribution in [0.3, 0.4) is 0 Å². The molecule has 1 N–H and O–H groups in total. The van der Waals surface area contributed by atoms with E-state index in [1.807, 2.05) is 6.92 Å². The Morgan fingerprint density at radius 3 is 2.11 bits per heavy atom. The van der Waals surface area contributed by atoms with Gasteiger partial charge in [0.15, 0.2) is 5.82 Å². The van der Waals surface area contributed by atoms with Crippen LogP contribution in [0.5, 0.6) is 23.0 Å². The molecule has 0 radical (unpaired) electrons. The number of hydrogen-bond acceptors (Lipinski definition) is 8. The largest absolute Gasteiger partial charge is 0.457 e. The van der Waals surface area contributed by atoms with Crippen LogP contribution in [0.25, 0.3) is 10.9 Å². The van der Waals surface area contributed by atoms with Gasteiger partial charge in [-0.15, -0.1) is 0 Å². The highest BCUT2D eigenvalue weighted by molar-refractivity contribution is 6.09. The highest BCUT2D eigenvalue weighted by atomic mass is 16.6. The average molecular weight is 595 g/mol. The van der Waals surface area contributed by atoms with Crippen LogP contribution in [0.4, 0.5) is 20.2 Å². The molecule has 2 aromatic heterocycles. The predicted octanol–water partition coefficient (Wildman–Crippen LogP) is 7.02. The molecule has 5 rings (SSSR count). The summed E-state index contributed by atoms with van der Waals surface area (Å²) in [5.41, 5.74) is 0.702. The minimum Gasteiger partial charge on any atom is -0.457 e. The highest BCUT2D eigenvalue weighted by Gasteiger charge is 2.29. The first kappa shape index (κ1) is 29.8. The SMILES string of the molecule is CCOCCCNC(=O)n1ccc2cc(Oc3ccnc(N(C(=O)Oc4ccccc4)C(=O)Oc4ccccc4)c3)ccc21. The first-order chi connectivity index (χ1) is 21.5. The van der Waals surface area contributed by atoms with Crippen LogP contribution in [0.2, 0.25) is 0 Å². The number of hydrogen-bond donors (Lipinski definition) is 1. The maximum Gasteiger partial charge on any atom is 0.430 e. The van der Waals surface area contributed by atoms with E-state index in [-0.39, 0.29) is 23.3 Å². The molecule has 224 valence electrons. The molecule has 44 heavy (non-hydrogen) atoms. The zero-order valence-corrected chi connectivity index (χ0v) is 23.9. The minimum absolute atomic E-state index is 0.0717. The Balaban J connectivity index is 1.33. The Hall–Kier alpha value is -5.68. The van der Waals surface area contributed by atoms with Gasteiger partial charge in [-0.1, -0.05) is 36.4 Å². The number of pyridine rings is 1. The summed E-state index contributed by atoms with van der Waals surface area (Å²) < 4.78 is 23.7. The monoisotopic (exact) mass is 594 g/mol. The van der Waals surface area contributed by atoms with Gasteiger partial charge in [0.05, 0.1) is 5.52 Å². The second-order valence-electron chi connectivity index (χ2n) is 9.34. The van der Waals surface area contributed by atoms with Crippen molar-refractivity contribution in [2.45, 2.75) is 13.3 Å². The number of ether oxygens (including phenoxy) is 4. The van der Waals surface area contributed by atoms with E-state index in [4.69, 9.17) is 18.9 Å². The van der Waals surface area contributed by atoms with Crippen LogP contribution in [0.15, 0.2) is 109 Å². The van der Waals surface area contributed by atoms with E-state index in [9.17, 15) is 14.4 Å². The number of para-hydroxylation sites is 2. The molecule has 11 nitrogen and oxygen atoms in total. The van der Waals surface area contributed by atoms with Gasteiger partial charge in [0, 0.05) is 43.6 Å². The van der Waals surface area contributed by atoms with Crippen molar-refractivity contribution < 1.29 is 33.3 Å². The molecule has 0 fully saturated rings. The van der Waals surface area contributed by atoms with Gasteiger partial charge in [0.1, 0.15) is 23.0 Å². The molecule has 0 aliphatic carbocycles. The van der Waals surface area contributed by atoms with Crippen LogP contribution in [-0.4, -0.2) is 47.5 Å². The van der Waals surface area contributed by atoms with E-state index < -0.39 is 12.2 Å². The second-order valence-corrected chi connectivity index (χ2v) is 9.34. The van der Waals surface area contributed by atoms with Crippen LogP contribution in [0, 0.1) is 0 Å². The van der Waals surface area contributed by atoms with Gasteiger partial charge >= 0.3 is 18.2 Å². The highest BCUT2D eigenvalue weighted by Crippen LogP contribution is 2.29. The molecule has 0 atom stereocenters. The molecule has 5 aromatic rings. The Labute approximate surface area is 253 Å². The smallest absolute Gasteiger partial charge is 0.430 e. The standard InChI is InChI=1S/C33H30N4O7/c1-2-41-21-9-18-35-31(38)36-20-17-24-22-27(14-15-29(24)36)42-28-16-19-34-30(23-28)37(32(39)43-25-10-5-3-6-11-25)33(40)44-26-12-7-4-8-13-26/h3-8,10-17,19-20,22-23H,2,9,18,21H2,1H3,(H,35,38). The lowest BCUT2D eigenvalue weighted by atomic mass is 10.2. The molecule has 0 bridgehead atoms. The van der Waals surface area contributed by atoms with Gasteiger partial charge in [0.2, 0.25) is 0 Å². The fourth-order valence-electron chi connectivity index (χ4n) is 4.21. The molecule has 3 amide bonds. The molecule has 3 aromatic carbocycles. The number of carbonyl (C=O) groups is 3. The van der Waals surface area contributed by atoms with E-state index in [1.165, 1.54) is 16.8 Å². The van der Waals surface area contributed by atoms with Crippen molar-refractivity contribution in [1.29, 1.82) is 0 Å². The first-order valence-corrected chi connectivity index (χ1v) is 14.0. The van der Waals surface area contributed by atoms with Crippen LogP contribution in [0.1, 0.15) is 13.3 Å². The Morgan fingerprint density at radius 2 is 1.45 bits per heavy atom. The topological polar surface area (TPSA) is 121 Å². The van der Waals surface area contributed by atoms with Crippen molar-refractivity contribution in [1.82, 2.24) is 14.9 Å². The van der Waals surface area contributed by atoms with Crippen molar-refractivity contribution in [3.8, 4) is 23.0 Å². The third-order valence-electron chi connectivity index (χ3n) is 6.27. The summed E-state index contributed by atoms with van der Waals surface area (Å²) in [5.74, 6) is 1.17. The normalized spacial score (nSPS) is 10.7. The van der Waals surface area contributed by atoms with Gasteiger partial charge in [-0.3, -0.25) is 4.57 Å². The predicted molar refractivity (Wildman–Crippen MR) is 164 cm³/mol. The summed E-state index contributed by atoms with van der Waals surface area (Å²) in [5, 5.41) is 3.66. The number of rotatable bonds is 10. The van der Waals surface area contributed by atoms with Crippen molar-refractivity contribution in [3.63, 3.8) is 0 Å². The molecule has 0 unspecified atom stereocenters. The van der Waals surface area contributed by atoms with Crippen molar-refractivity contribution in [3.05, 3.63) is 109 Å². The lowest BCUT2D eigenvalue weighted by Crippen LogP contribution is -2.41. The number of imide groups is 1. The number of amides is 3. The summed E-state index contributed by atoms with van der Waals surface area (Å²) in [4.78, 5) is 44.0. The number of carbonyl (C=O) groups excluding carboxylic acids is 3. The maximum absolute atomic E-state index is 13.2. The van der Waals surface area contributed by atoms with Crippen LogP contribution in [-0.2, 0) is 4.74 Å². The average Bonchev–Trinajstić information content (AvgIpc) is 3.46. The van der Waals surface area contributed by atoms with Gasteiger partial charge in [0.25, 0.3) is 0 Å². The molecule has 0 saturated heterocycles. The van der Waals surface area contributed by atoms with Crippen molar-refractivity contribution in [2.75, 3.05) is 24.7 Å². The zero-order chi connectivity index (χ0) is 30.7. The third-order valence-corrected chi connectivity index (χ3v) is 6.27. The van der Waals surface area contributed by atoms with Gasteiger partial charge in [-0.05, 0) is 67.9 Å². The molecule has 0 aliphatic heterocycles. The lowest BCUT2D eigenvalue weighted by molar-refractivity contribution is 0.145. The molecule has 0 saturated carbocycles. The quantitative estimate of drug-likeness (QED) is 0.171. The summed E-state index contributed by atoms with van der Waals surface area (Å²) in [6.45, 7) is 3.65. The van der Waals surface area contributed by atoms with Crippen LogP contribution >= 0.6 is 0 Å². The fourth-order valence-corrected chi connectivity index (χ4v) is 4.21. The lowest BCUT2D eigenvalue weighted by Gasteiger charge is -2.19. The fraction of sp³-hybridized carbons (Fsp3) is 0.152. The maximum atomic E-state index is 13.2. The molecule has 0 spiro atoms. The Morgan fingerprint density at radius 1 is 0.795 bits per heavy atom. The molecule has 2 heterocycles. The van der Waals surface area contributed by atoms with E-state index in [1.54, 1.807) is 97.2 Å². The van der Waals surface area contributed by atoms with E-state index >= 15 is 0 Å². The minimum atomic E-state index is -1.01. The summed E-state index contributed by atoms with van der Waals surface area (Å²) in [7, 11) is 0. The summed E-state index contributed by atoms with van der Waals surface area (Å²) in [6.07, 6.45) is 1.77. The number of fused-ring (bicyclic) bond motifs is 1. The number of anilines is 1.